The number of carbonyl (C=O) groups excluding carboxylic acids is 3. The van der Waals surface area contributed by atoms with Crippen molar-refractivity contribution >= 4 is 40.3 Å². The van der Waals surface area contributed by atoms with E-state index in [1.54, 1.807) is 41.7 Å². The van der Waals surface area contributed by atoms with E-state index in [0.717, 1.165) is 16.3 Å². The Bertz CT molecular complexity index is 1150. The topological polar surface area (TPSA) is 88.6 Å². The molecule has 8 heteroatoms. The van der Waals surface area contributed by atoms with E-state index in [1.807, 2.05) is 24.4 Å². The molecule has 4 rings (SSSR count). The van der Waals surface area contributed by atoms with Crippen LogP contribution >= 0.6 is 11.3 Å². The molecule has 0 saturated heterocycles. The summed E-state index contributed by atoms with van der Waals surface area (Å²) in [7, 11) is 0. The Morgan fingerprint density at radius 2 is 2.07 bits per heavy atom. The number of aryl methyl sites for hydroxylation is 1. The lowest BCUT2D eigenvalue weighted by molar-refractivity contribution is -0.123. The van der Waals surface area contributed by atoms with Gasteiger partial charge in [0.2, 0.25) is 5.91 Å². The van der Waals surface area contributed by atoms with Gasteiger partial charge in [-0.2, -0.15) is 0 Å². The molecule has 0 unspecified atom stereocenters. The van der Waals surface area contributed by atoms with E-state index in [-0.39, 0.29) is 30.7 Å². The average molecular weight is 421 g/mol. The van der Waals surface area contributed by atoms with Gasteiger partial charge >= 0.3 is 0 Å². The number of Topliss-reactive ketones (excluding diaryl/α,β-unsaturated/α-hetero) is 1. The van der Waals surface area contributed by atoms with Gasteiger partial charge in [-0.3, -0.25) is 19.3 Å². The van der Waals surface area contributed by atoms with Crippen LogP contribution in [-0.2, 0) is 9.59 Å². The number of fused-ring (bicyclic) bond motifs is 1. The Morgan fingerprint density at radius 3 is 2.80 bits per heavy atom. The SMILES string of the molecule is CC(=O)c1cccc(NC(=O)CN2C(=O)COc3ccc(-c4csc(C)n4)cc32)c1. The molecule has 3 aromatic rings. The predicted molar refractivity (Wildman–Crippen MR) is 115 cm³/mol. The summed E-state index contributed by atoms with van der Waals surface area (Å²) in [5.74, 6) is -0.224. The van der Waals surface area contributed by atoms with Crippen LogP contribution in [0.2, 0.25) is 0 Å². The van der Waals surface area contributed by atoms with Crippen molar-refractivity contribution in [3.63, 3.8) is 0 Å². The standard InChI is InChI=1S/C22H19N3O4S/c1-13(26)15-4-3-5-17(8-15)24-21(27)10-25-19-9-16(18-12-30-14(2)23-18)6-7-20(19)29-11-22(25)28/h3-9,12H,10-11H2,1-2H3,(H,24,27). The molecule has 152 valence electrons. The van der Waals surface area contributed by atoms with Crippen LogP contribution in [0, 0.1) is 6.92 Å². The highest BCUT2D eigenvalue weighted by atomic mass is 32.1. The number of rotatable bonds is 5. The number of anilines is 2. The van der Waals surface area contributed by atoms with Gasteiger partial charge in [0.05, 0.1) is 16.4 Å². The van der Waals surface area contributed by atoms with E-state index >= 15 is 0 Å². The van der Waals surface area contributed by atoms with Crippen LogP contribution in [0.15, 0.2) is 47.8 Å². The van der Waals surface area contributed by atoms with Crippen molar-refractivity contribution in [1.82, 2.24) is 4.98 Å². The number of nitrogens with one attached hydrogen (secondary N) is 1. The second-order valence-electron chi connectivity index (χ2n) is 6.89. The van der Waals surface area contributed by atoms with Gasteiger partial charge in [-0.05, 0) is 44.2 Å². The Hall–Kier alpha value is -3.52. The third-order valence-electron chi connectivity index (χ3n) is 4.67. The van der Waals surface area contributed by atoms with Crippen LogP contribution in [0.3, 0.4) is 0 Å². The van der Waals surface area contributed by atoms with Crippen LogP contribution < -0.4 is 15.0 Å². The summed E-state index contributed by atoms with van der Waals surface area (Å²) in [6, 6.07) is 12.2. The van der Waals surface area contributed by atoms with E-state index in [4.69, 9.17) is 4.74 Å². The summed E-state index contributed by atoms with van der Waals surface area (Å²) in [4.78, 5) is 42.6. The first kappa shape index (κ1) is 19.8. The van der Waals surface area contributed by atoms with Crippen LogP contribution in [0.4, 0.5) is 11.4 Å². The zero-order valence-corrected chi connectivity index (χ0v) is 17.3. The second kappa shape index (κ2) is 8.08. The maximum Gasteiger partial charge on any atom is 0.265 e. The quantitative estimate of drug-likeness (QED) is 0.635. The lowest BCUT2D eigenvalue weighted by Gasteiger charge is -2.29. The minimum atomic E-state index is -0.369. The van der Waals surface area contributed by atoms with Gasteiger partial charge in [0.25, 0.3) is 5.91 Å². The third-order valence-corrected chi connectivity index (χ3v) is 5.44. The Labute approximate surface area is 177 Å². The minimum absolute atomic E-state index is 0.0896. The average Bonchev–Trinajstić information content (AvgIpc) is 3.16. The van der Waals surface area contributed by atoms with Crippen molar-refractivity contribution < 1.29 is 19.1 Å². The summed E-state index contributed by atoms with van der Waals surface area (Å²) in [5, 5.41) is 5.64. The molecule has 0 bridgehead atoms. The number of benzene rings is 2. The summed E-state index contributed by atoms with van der Waals surface area (Å²) in [6.07, 6.45) is 0. The molecule has 30 heavy (non-hydrogen) atoms. The van der Waals surface area contributed by atoms with Crippen LogP contribution in [0.25, 0.3) is 11.3 Å². The number of carbonyl (C=O) groups is 3. The molecule has 0 atom stereocenters. The van der Waals surface area contributed by atoms with E-state index in [0.29, 0.717) is 22.7 Å². The second-order valence-corrected chi connectivity index (χ2v) is 7.95. The number of hydrogen-bond acceptors (Lipinski definition) is 6. The van der Waals surface area contributed by atoms with E-state index in [1.165, 1.54) is 11.8 Å². The maximum absolute atomic E-state index is 12.6. The Kier molecular flexibility index (Phi) is 5.33. The summed E-state index contributed by atoms with van der Waals surface area (Å²) >= 11 is 1.54. The first-order chi connectivity index (χ1) is 14.4. The lowest BCUT2D eigenvalue weighted by atomic mass is 10.1. The van der Waals surface area contributed by atoms with Crippen molar-refractivity contribution in [3.05, 3.63) is 58.4 Å². The number of amides is 2. The van der Waals surface area contributed by atoms with E-state index in [2.05, 4.69) is 10.3 Å². The molecule has 2 heterocycles. The lowest BCUT2D eigenvalue weighted by Crippen LogP contribution is -2.43. The fourth-order valence-corrected chi connectivity index (χ4v) is 3.81. The number of thiazole rings is 1. The fraction of sp³-hybridized carbons (Fsp3) is 0.182. The maximum atomic E-state index is 12.6. The molecule has 7 nitrogen and oxygen atoms in total. The molecule has 1 aliphatic rings. The van der Waals surface area contributed by atoms with Gasteiger partial charge in [-0.1, -0.05) is 12.1 Å². The molecule has 1 aromatic heterocycles. The summed E-state index contributed by atoms with van der Waals surface area (Å²) in [5.41, 5.74) is 3.19. The van der Waals surface area contributed by atoms with Gasteiger partial charge in [-0.25, -0.2) is 4.98 Å². The molecule has 2 amide bonds. The normalized spacial score (nSPS) is 12.9. The van der Waals surface area contributed by atoms with Gasteiger partial charge in [0.15, 0.2) is 12.4 Å². The van der Waals surface area contributed by atoms with Crippen LogP contribution in [0.5, 0.6) is 5.75 Å². The van der Waals surface area contributed by atoms with Crippen LogP contribution in [-0.4, -0.2) is 35.7 Å². The molecule has 0 fully saturated rings. The van der Waals surface area contributed by atoms with Crippen LogP contribution in [0.1, 0.15) is 22.3 Å². The number of ether oxygens (including phenoxy) is 1. The Balaban J connectivity index is 1.57. The minimum Gasteiger partial charge on any atom is -0.482 e. The molecule has 2 aromatic carbocycles. The largest absolute Gasteiger partial charge is 0.482 e. The molecule has 1 aliphatic heterocycles. The highest BCUT2D eigenvalue weighted by Crippen LogP contribution is 2.36. The zero-order chi connectivity index (χ0) is 21.3. The van der Waals surface area contributed by atoms with E-state index in [9.17, 15) is 14.4 Å². The summed E-state index contributed by atoms with van der Waals surface area (Å²) < 4.78 is 5.53. The number of aromatic nitrogens is 1. The predicted octanol–water partition coefficient (Wildman–Crippen LogP) is 3.69. The molecule has 0 spiro atoms. The zero-order valence-electron chi connectivity index (χ0n) is 16.5. The molecular weight excluding hydrogens is 402 g/mol. The van der Waals surface area contributed by atoms with Gasteiger partial charge < -0.3 is 10.1 Å². The van der Waals surface area contributed by atoms with Crippen molar-refractivity contribution in [3.8, 4) is 17.0 Å². The number of hydrogen-bond donors (Lipinski definition) is 1. The Morgan fingerprint density at radius 1 is 1.23 bits per heavy atom. The highest BCUT2D eigenvalue weighted by Gasteiger charge is 2.28. The number of ketones is 1. The molecular formula is C22H19N3O4S. The first-order valence-electron chi connectivity index (χ1n) is 9.31. The van der Waals surface area contributed by atoms with Crippen molar-refractivity contribution in [2.75, 3.05) is 23.4 Å². The molecule has 0 radical (unpaired) electrons. The molecule has 1 N–H and O–H groups in total. The smallest absolute Gasteiger partial charge is 0.265 e. The monoisotopic (exact) mass is 421 g/mol. The van der Waals surface area contributed by atoms with Crippen molar-refractivity contribution in [1.29, 1.82) is 0 Å². The van der Waals surface area contributed by atoms with Gasteiger partial charge in [-0.15, -0.1) is 11.3 Å². The van der Waals surface area contributed by atoms with Crippen molar-refractivity contribution in [2.24, 2.45) is 0 Å². The summed E-state index contributed by atoms with van der Waals surface area (Å²) in [6.45, 7) is 3.09. The highest BCUT2D eigenvalue weighted by molar-refractivity contribution is 7.09. The van der Waals surface area contributed by atoms with Gasteiger partial charge in [0.1, 0.15) is 12.3 Å². The fourth-order valence-electron chi connectivity index (χ4n) is 3.19. The van der Waals surface area contributed by atoms with Crippen molar-refractivity contribution in [2.45, 2.75) is 13.8 Å². The van der Waals surface area contributed by atoms with Gasteiger partial charge in [0, 0.05) is 22.2 Å². The van der Waals surface area contributed by atoms with E-state index < -0.39 is 0 Å². The number of nitrogens with zero attached hydrogens (tertiary/aromatic N) is 2. The third kappa shape index (κ3) is 4.08. The molecule has 0 saturated carbocycles. The molecule has 0 aliphatic carbocycles. The first-order valence-corrected chi connectivity index (χ1v) is 10.2.